The second-order valence-corrected chi connectivity index (χ2v) is 4.77. The maximum atomic E-state index is 10.2. The molecule has 3 nitrogen and oxygen atoms in total. The molecule has 5 heteroatoms. The fourth-order valence-electron chi connectivity index (χ4n) is 1.09. The summed E-state index contributed by atoms with van der Waals surface area (Å²) in [5, 5.41) is 0. The summed E-state index contributed by atoms with van der Waals surface area (Å²) in [4.78, 5) is 20.4. The van der Waals surface area contributed by atoms with Crippen LogP contribution >= 0.6 is 7.60 Å². The Balaban J connectivity index is 0. The summed E-state index contributed by atoms with van der Waals surface area (Å²) in [6.45, 7) is 2.13. The third-order valence-electron chi connectivity index (χ3n) is 1.79. The SMILES string of the molecule is CCCCCCCCP(=O)([O-])[O-].[Ca+2]. The molecule has 0 aliphatic rings. The van der Waals surface area contributed by atoms with Crippen molar-refractivity contribution in [2.75, 3.05) is 6.16 Å². The number of unbranched alkanes of at least 4 members (excludes halogenated alkanes) is 5. The summed E-state index contributed by atoms with van der Waals surface area (Å²) in [6, 6.07) is 0. The Bertz CT molecular complexity index is 146. The van der Waals surface area contributed by atoms with E-state index in [2.05, 4.69) is 6.92 Å². The Labute approximate surface area is 110 Å². The normalized spacial score (nSPS) is 11.0. The minimum atomic E-state index is -4.22. The van der Waals surface area contributed by atoms with Gasteiger partial charge in [0, 0.05) is 0 Å². The third kappa shape index (κ3) is 16.1. The molecule has 74 valence electrons. The van der Waals surface area contributed by atoms with Gasteiger partial charge in [-0.2, -0.15) is 0 Å². The maximum absolute atomic E-state index is 10.2. The maximum Gasteiger partial charge on any atom is 2.00 e. The van der Waals surface area contributed by atoms with Crippen LogP contribution in [0.2, 0.25) is 0 Å². The largest absolute Gasteiger partial charge is 2.00 e. The molecule has 0 atom stereocenters. The molecule has 0 spiro atoms. The molecular formula is C8H17CaO3P. The third-order valence-corrected chi connectivity index (χ3v) is 2.65. The van der Waals surface area contributed by atoms with Crippen molar-refractivity contribution in [3.63, 3.8) is 0 Å². The molecule has 0 bridgehead atoms. The van der Waals surface area contributed by atoms with Crippen molar-refractivity contribution in [1.82, 2.24) is 0 Å². The van der Waals surface area contributed by atoms with Crippen molar-refractivity contribution < 1.29 is 14.4 Å². The van der Waals surface area contributed by atoms with E-state index in [1.165, 1.54) is 12.8 Å². The Hall–Kier alpha value is 1.41. The average Bonchev–Trinajstić information content (AvgIpc) is 1.94. The van der Waals surface area contributed by atoms with Crippen LogP contribution in [0.4, 0.5) is 0 Å². The van der Waals surface area contributed by atoms with Gasteiger partial charge in [-0.05, 0) is 12.6 Å². The van der Waals surface area contributed by atoms with Crippen molar-refractivity contribution in [3.8, 4) is 0 Å². The van der Waals surface area contributed by atoms with Crippen molar-refractivity contribution in [3.05, 3.63) is 0 Å². The van der Waals surface area contributed by atoms with Gasteiger partial charge in [0.15, 0.2) is 0 Å². The van der Waals surface area contributed by atoms with Crippen molar-refractivity contribution in [1.29, 1.82) is 0 Å². The standard InChI is InChI=1S/C8H19O3P.Ca/c1-2-3-4-5-6-7-8-12(9,10)11;/h2-8H2,1H3,(H2,9,10,11);/q;+2/p-2. The zero-order valence-electron chi connectivity index (χ0n) is 8.33. The fraction of sp³-hybridized carbons (Fsp3) is 1.00. The van der Waals surface area contributed by atoms with Crippen LogP contribution in [-0.2, 0) is 4.57 Å². The van der Waals surface area contributed by atoms with E-state index in [0.29, 0.717) is 6.42 Å². The van der Waals surface area contributed by atoms with E-state index in [1.807, 2.05) is 0 Å². The van der Waals surface area contributed by atoms with Gasteiger partial charge >= 0.3 is 37.7 Å². The Morgan fingerprint density at radius 1 is 1.00 bits per heavy atom. The molecule has 13 heavy (non-hydrogen) atoms. The van der Waals surface area contributed by atoms with E-state index in [9.17, 15) is 14.4 Å². The summed E-state index contributed by atoms with van der Waals surface area (Å²) in [5.41, 5.74) is 0. The molecule has 0 aromatic heterocycles. The fourth-order valence-corrected chi connectivity index (χ4v) is 1.70. The van der Waals surface area contributed by atoms with Gasteiger partial charge in [0.05, 0.1) is 0 Å². The molecule has 0 N–H and O–H groups in total. The van der Waals surface area contributed by atoms with Crippen LogP contribution in [0.3, 0.4) is 0 Å². The molecule has 0 heterocycles. The minimum Gasteiger partial charge on any atom is -0.811 e. The molecule has 0 aromatic rings. The van der Waals surface area contributed by atoms with E-state index < -0.39 is 7.60 Å². The van der Waals surface area contributed by atoms with Crippen molar-refractivity contribution in [2.24, 2.45) is 0 Å². The monoisotopic (exact) mass is 232 g/mol. The van der Waals surface area contributed by atoms with E-state index in [4.69, 9.17) is 0 Å². The molecule has 0 saturated heterocycles. The molecule has 0 rings (SSSR count). The smallest absolute Gasteiger partial charge is 0.811 e. The van der Waals surface area contributed by atoms with Crippen molar-refractivity contribution in [2.45, 2.75) is 45.4 Å². The first-order valence-corrected chi connectivity index (χ1v) is 6.30. The van der Waals surface area contributed by atoms with Gasteiger partial charge in [0.1, 0.15) is 0 Å². The summed E-state index contributed by atoms with van der Waals surface area (Å²) < 4.78 is 10.2. The zero-order chi connectivity index (χ0) is 9.45. The molecule has 0 amide bonds. The summed E-state index contributed by atoms with van der Waals surface area (Å²) in [5.74, 6) is 0. The van der Waals surface area contributed by atoms with Crippen LogP contribution in [0.1, 0.15) is 45.4 Å². The van der Waals surface area contributed by atoms with Gasteiger partial charge < -0.3 is 14.4 Å². The van der Waals surface area contributed by atoms with Crippen LogP contribution in [-0.4, -0.2) is 43.9 Å². The van der Waals surface area contributed by atoms with E-state index in [1.54, 1.807) is 0 Å². The molecule has 0 fully saturated rings. The van der Waals surface area contributed by atoms with E-state index in [-0.39, 0.29) is 43.9 Å². The Morgan fingerprint density at radius 2 is 1.46 bits per heavy atom. The quantitative estimate of drug-likeness (QED) is 0.372. The van der Waals surface area contributed by atoms with E-state index in [0.717, 1.165) is 19.3 Å². The first kappa shape index (κ1) is 16.8. The molecule has 0 saturated carbocycles. The number of hydrogen-bond acceptors (Lipinski definition) is 3. The molecule has 0 aliphatic heterocycles. The van der Waals surface area contributed by atoms with Crippen LogP contribution in [0.15, 0.2) is 0 Å². The van der Waals surface area contributed by atoms with Crippen LogP contribution in [0, 0.1) is 0 Å². The van der Waals surface area contributed by atoms with Crippen LogP contribution < -0.4 is 9.79 Å². The predicted octanol–water partition coefficient (Wildman–Crippen LogP) is 0.880. The van der Waals surface area contributed by atoms with Gasteiger partial charge in [-0.25, -0.2) is 0 Å². The second kappa shape index (κ2) is 9.95. The zero-order valence-corrected chi connectivity index (χ0v) is 11.4. The first-order chi connectivity index (χ1) is 5.56. The summed E-state index contributed by atoms with van der Waals surface area (Å²) in [7, 11) is -4.22. The number of rotatable bonds is 7. The summed E-state index contributed by atoms with van der Waals surface area (Å²) in [6.07, 6.45) is 5.82. The van der Waals surface area contributed by atoms with Gasteiger partial charge in [0.25, 0.3) is 0 Å². The van der Waals surface area contributed by atoms with Crippen molar-refractivity contribution >= 4 is 45.3 Å². The van der Waals surface area contributed by atoms with Gasteiger partial charge in [-0.3, -0.25) is 0 Å². The molecule has 0 aliphatic carbocycles. The molecule has 0 unspecified atom stereocenters. The van der Waals surface area contributed by atoms with Crippen LogP contribution in [0.25, 0.3) is 0 Å². The van der Waals surface area contributed by atoms with Gasteiger partial charge in [-0.15, -0.1) is 0 Å². The van der Waals surface area contributed by atoms with E-state index >= 15 is 0 Å². The first-order valence-electron chi connectivity index (χ1n) is 4.57. The molecular weight excluding hydrogens is 215 g/mol. The molecule has 0 aromatic carbocycles. The topological polar surface area (TPSA) is 63.2 Å². The Morgan fingerprint density at radius 3 is 1.92 bits per heavy atom. The van der Waals surface area contributed by atoms with Gasteiger partial charge in [0.2, 0.25) is 0 Å². The van der Waals surface area contributed by atoms with Crippen LogP contribution in [0.5, 0.6) is 0 Å². The Kier molecular flexibility index (Phi) is 12.9. The number of hydrogen-bond donors (Lipinski definition) is 0. The summed E-state index contributed by atoms with van der Waals surface area (Å²) >= 11 is 0. The molecule has 0 radical (unpaired) electrons. The average molecular weight is 232 g/mol. The second-order valence-electron chi connectivity index (χ2n) is 3.10. The minimum absolute atomic E-state index is 0. The van der Waals surface area contributed by atoms with Gasteiger partial charge in [-0.1, -0.05) is 46.6 Å². The predicted molar refractivity (Wildman–Crippen MR) is 51.6 cm³/mol.